The molecule has 264 valence electrons. The van der Waals surface area contributed by atoms with Crippen molar-refractivity contribution in [3.05, 3.63) is 224 Å². The second-order valence-electron chi connectivity index (χ2n) is 14.1. The number of hydrogen-bond acceptors (Lipinski definition) is 2. The number of anilines is 3. The normalized spacial score (nSPS) is 11.2. The first kappa shape index (κ1) is 33.2. The second kappa shape index (κ2) is 14.4. The summed E-state index contributed by atoms with van der Waals surface area (Å²) in [6, 6.07) is 80.1. The van der Waals surface area contributed by atoms with Crippen LogP contribution in [-0.2, 0) is 0 Å². The Morgan fingerprint density at radius 3 is 1.57 bits per heavy atom. The molecule has 0 spiro atoms. The van der Waals surface area contributed by atoms with Crippen molar-refractivity contribution >= 4 is 39.0 Å². The van der Waals surface area contributed by atoms with Crippen molar-refractivity contribution in [2.75, 3.05) is 4.90 Å². The highest BCUT2D eigenvalue weighted by Crippen LogP contribution is 2.48. The van der Waals surface area contributed by atoms with Gasteiger partial charge in [0.2, 0.25) is 0 Å². The van der Waals surface area contributed by atoms with Gasteiger partial charge in [0.15, 0.2) is 0 Å². The van der Waals surface area contributed by atoms with Crippen LogP contribution in [0.15, 0.2) is 229 Å². The summed E-state index contributed by atoms with van der Waals surface area (Å²) in [5, 5.41) is 2.26. The Kier molecular flexibility index (Phi) is 8.55. The van der Waals surface area contributed by atoms with E-state index in [2.05, 4.69) is 217 Å². The Labute approximate surface area is 327 Å². The number of fused-ring (bicyclic) bond motifs is 3. The van der Waals surface area contributed by atoms with Crippen LogP contribution in [0.2, 0.25) is 0 Å². The lowest BCUT2D eigenvalue weighted by Gasteiger charge is -2.30. The molecule has 0 amide bonds. The molecule has 0 atom stereocenters. The quantitative estimate of drug-likeness (QED) is 0.156. The van der Waals surface area contributed by atoms with E-state index < -0.39 is 0 Å². The van der Waals surface area contributed by atoms with Crippen LogP contribution in [0.25, 0.3) is 77.6 Å². The lowest BCUT2D eigenvalue weighted by Crippen LogP contribution is -2.12. The van der Waals surface area contributed by atoms with Gasteiger partial charge in [-0.2, -0.15) is 0 Å². The maximum atomic E-state index is 6.47. The molecule has 1 aromatic heterocycles. The lowest BCUT2D eigenvalue weighted by molar-refractivity contribution is 0.670. The molecule has 2 heteroatoms. The van der Waals surface area contributed by atoms with Gasteiger partial charge in [-0.15, -0.1) is 0 Å². The zero-order valence-electron chi connectivity index (χ0n) is 30.7. The summed E-state index contributed by atoms with van der Waals surface area (Å²) in [4.78, 5) is 2.42. The first-order valence-corrected chi connectivity index (χ1v) is 19.1. The average Bonchev–Trinajstić information content (AvgIpc) is 3.67. The van der Waals surface area contributed by atoms with Gasteiger partial charge in [-0.05, 0) is 80.9 Å². The molecule has 0 saturated carbocycles. The molecular weight excluding hydrogens is 679 g/mol. The monoisotopic (exact) mass is 715 g/mol. The van der Waals surface area contributed by atoms with Crippen LogP contribution in [0.5, 0.6) is 0 Å². The standard InChI is InChI=1S/C54H37NO/c1-4-17-38(18-5-1)42-23-14-24-44(37-42)55(43-35-33-41(34-36-43)47-29-15-30-50-48-26-12-13-32-52(48)56-54(47)50)51-31-16-28-46(40-21-8-3-9-22-40)53(51)49-27-11-10-25-45(49)39-19-6-2-7-20-39/h1-37H. The third-order valence-corrected chi connectivity index (χ3v) is 10.7. The predicted octanol–water partition coefficient (Wildman–Crippen LogP) is 15.4. The molecule has 10 rings (SSSR count). The number of rotatable bonds is 8. The Balaban J connectivity index is 1.21. The van der Waals surface area contributed by atoms with Gasteiger partial charge in [-0.1, -0.05) is 188 Å². The van der Waals surface area contributed by atoms with Gasteiger partial charge in [-0.3, -0.25) is 0 Å². The molecular formula is C54H37NO. The Bertz CT molecular complexity index is 2950. The molecule has 2 nitrogen and oxygen atoms in total. The molecule has 0 bridgehead atoms. The van der Waals surface area contributed by atoms with E-state index in [0.29, 0.717) is 0 Å². The summed E-state index contributed by atoms with van der Waals surface area (Å²) < 4.78 is 6.47. The fourth-order valence-corrected chi connectivity index (χ4v) is 8.09. The second-order valence-corrected chi connectivity index (χ2v) is 14.1. The van der Waals surface area contributed by atoms with Crippen molar-refractivity contribution in [1.82, 2.24) is 0 Å². The highest BCUT2D eigenvalue weighted by Gasteiger charge is 2.23. The average molecular weight is 716 g/mol. The maximum Gasteiger partial charge on any atom is 0.143 e. The van der Waals surface area contributed by atoms with Gasteiger partial charge >= 0.3 is 0 Å². The lowest BCUT2D eigenvalue weighted by atomic mass is 9.87. The van der Waals surface area contributed by atoms with Gasteiger partial charge in [0, 0.05) is 33.3 Å². The van der Waals surface area contributed by atoms with Gasteiger partial charge in [0.05, 0.1) is 5.69 Å². The van der Waals surface area contributed by atoms with Crippen LogP contribution < -0.4 is 4.90 Å². The largest absolute Gasteiger partial charge is 0.455 e. The summed E-state index contributed by atoms with van der Waals surface area (Å²) in [5.74, 6) is 0. The molecule has 0 aliphatic carbocycles. The highest BCUT2D eigenvalue weighted by atomic mass is 16.3. The summed E-state index contributed by atoms with van der Waals surface area (Å²) in [6.45, 7) is 0. The van der Waals surface area contributed by atoms with E-state index in [0.717, 1.165) is 55.7 Å². The molecule has 9 aromatic carbocycles. The minimum atomic E-state index is 0.901. The summed E-state index contributed by atoms with van der Waals surface area (Å²) >= 11 is 0. The highest BCUT2D eigenvalue weighted by molar-refractivity contribution is 6.09. The molecule has 0 saturated heterocycles. The van der Waals surface area contributed by atoms with E-state index >= 15 is 0 Å². The van der Waals surface area contributed by atoms with Crippen molar-refractivity contribution in [2.45, 2.75) is 0 Å². The maximum absolute atomic E-state index is 6.47. The van der Waals surface area contributed by atoms with Gasteiger partial charge < -0.3 is 9.32 Å². The zero-order chi connectivity index (χ0) is 37.3. The number of nitrogens with zero attached hydrogens (tertiary/aromatic N) is 1. The van der Waals surface area contributed by atoms with E-state index in [1.165, 1.54) is 38.9 Å². The smallest absolute Gasteiger partial charge is 0.143 e. The minimum absolute atomic E-state index is 0.901. The van der Waals surface area contributed by atoms with Crippen molar-refractivity contribution in [1.29, 1.82) is 0 Å². The van der Waals surface area contributed by atoms with Crippen LogP contribution >= 0.6 is 0 Å². The predicted molar refractivity (Wildman–Crippen MR) is 236 cm³/mol. The van der Waals surface area contributed by atoms with E-state index in [9.17, 15) is 0 Å². The minimum Gasteiger partial charge on any atom is -0.455 e. The van der Waals surface area contributed by atoms with E-state index in [1.54, 1.807) is 0 Å². The number of para-hydroxylation sites is 2. The van der Waals surface area contributed by atoms with Crippen LogP contribution in [0.4, 0.5) is 17.1 Å². The third-order valence-electron chi connectivity index (χ3n) is 10.7. The van der Waals surface area contributed by atoms with Crippen molar-refractivity contribution in [3.8, 4) is 55.6 Å². The summed E-state index contributed by atoms with van der Waals surface area (Å²) in [7, 11) is 0. The molecule has 0 unspecified atom stereocenters. The number of benzene rings is 9. The fourth-order valence-electron chi connectivity index (χ4n) is 8.09. The first-order chi connectivity index (χ1) is 27.8. The van der Waals surface area contributed by atoms with Crippen LogP contribution in [0.1, 0.15) is 0 Å². The Hall–Kier alpha value is -7.42. The van der Waals surface area contributed by atoms with E-state index in [1.807, 2.05) is 12.1 Å². The number of furan rings is 1. The molecule has 1 heterocycles. The topological polar surface area (TPSA) is 16.4 Å². The van der Waals surface area contributed by atoms with Gasteiger partial charge in [0.25, 0.3) is 0 Å². The van der Waals surface area contributed by atoms with E-state index in [4.69, 9.17) is 4.42 Å². The molecule has 0 aliphatic rings. The van der Waals surface area contributed by atoms with Crippen LogP contribution in [0.3, 0.4) is 0 Å². The van der Waals surface area contributed by atoms with Gasteiger partial charge in [0.1, 0.15) is 11.2 Å². The van der Waals surface area contributed by atoms with Crippen molar-refractivity contribution < 1.29 is 4.42 Å². The molecule has 10 aromatic rings. The molecule has 56 heavy (non-hydrogen) atoms. The first-order valence-electron chi connectivity index (χ1n) is 19.1. The molecule has 0 radical (unpaired) electrons. The summed E-state index contributed by atoms with van der Waals surface area (Å²) in [6.07, 6.45) is 0. The van der Waals surface area contributed by atoms with Crippen molar-refractivity contribution in [3.63, 3.8) is 0 Å². The molecule has 0 fully saturated rings. The van der Waals surface area contributed by atoms with E-state index in [-0.39, 0.29) is 0 Å². The molecule has 0 N–H and O–H groups in total. The molecule has 0 aliphatic heterocycles. The van der Waals surface area contributed by atoms with Crippen LogP contribution in [-0.4, -0.2) is 0 Å². The summed E-state index contributed by atoms with van der Waals surface area (Å²) in [5.41, 5.74) is 16.6. The Morgan fingerprint density at radius 1 is 0.304 bits per heavy atom. The SMILES string of the molecule is c1ccc(-c2cccc(N(c3ccc(-c4cccc5c4oc4ccccc45)cc3)c3cccc(-c4ccccc4)c3-c3ccccc3-c3ccccc3)c2)cc1. The van der Waals surface area contributed by atoms with Crippen molar-refractivity contribution in [2.24, 2.45) is 0 Å². The zero-order valence-corrected chi connectivity index (χ0v) is 30.7. The number of hydrogen-bond donors (Lipinski definition) is 0. The van der Waals surface area contributed by atoms with Crippen LogP contribution in [0, 0.1) is 0 Å². The van der Waals surface area contributed by atoms with Gasteiger partial charge in [-0.25, -0.2) is 0 Å². The fraction of sp³-hybridized carbons (Fsp3) is 0. The Morgan fingerprint density at radius 2 is 0.821 bits per heavy atom. The third kappa shape index (κ3) is 6.04.